The van der Waals surface area contributed by atoms with E-state index in [0.717, 1.165) is 0 Å². The van der Waals surface area contributed by atoms with E-state index >= 15 is 0 Å². The number of H-pyrrole nitrogens is 1. The van der Waals surface area contributed by atoms with Crippen molar-refractivity contribution in [2.45, 2.75) is 0 Å². The van der Waals surface area contributed by atoms with Gasteiger partial charge in [-0.1, -0.05) is 11.6 Å². The average Bonchev–Trinajstić information content (AvgIpc) is 2.18. The number of aromatic nitrogens is 2. The van der Waals surface area contributed by atoms with Crippen molar-refractivity contribution in [3.63, 3.8) is 0 Å². The van der Waals surface area contributed by atoms with Crippen molar-refractivity contribution in [2.24, 2.45) is 5.18 Å². The van der Waals surface area contributed by atoms with E-state index in [1.165, 1.54) is 18.5 Å². The monoisotopic (exact) mass is 209 g/mol. The lowest BCUT2D eigenvalue weighted by molar-refractivity contribution is 1.17. The molecule has 0 aliphatic carbocycles. The van der Waals surface area contributed by atoms with E-state index in [2.05, 4.69) is 15.1 Å². The Hall–Kier alpha value is -1.75. The van der Waals surface area contributed by atoms with Gasteiger partial charge in [-0.05, 0) is 17.3 Å². The lowest BCUT2D eigenvalue weighted by atomic mass is 10.2. The quantitative estimate of drug-likeness (QED) is 0.730. The molecule has 1 aromatic heterocycles. The van der Waals surface area contributed by atoms with Gasteiger partial charge in [0.2, 0.25) is 0 Å². The van der Waals surface area contributed by atoms with Crippen molar-refractivity contribution < 1.29 is 0 Å². The Bertz CT molecular complexity index is 564. The fraction of sp³-hybridized carbons (Fsp3) is 0. The number of fused-ring (bicyclic) bond motifs is 1. The minimum absolute atomic E-state index is 0.00438. The summed E-state index contributed by atoms with van der Waals surface area (Å²) >= 11 is 5.71. The van der Waals surface area contributed by atoms with Crippen LogP contribution < -0.4 is 5.56 Å². The summed E-state index contributed by atoms with van der Waals surface area (Å²) in [6, 6.07) is 2.94. The predicted octanol–water partition coefficient (Wildman–Crippen LogP) is 1.97. The molecule has 1 heterocycles. The van der Waals surface area contributed by atoms with E-state index in [0.29, 0.717) is 5.39 Å². The molecule has 0 unspecified atom stereocenters. The molecule has 70 valence electrons. The molecule has 0 amide bonds. The number of halogens is 1. The second-order valence-corrected chi connectivity index (χ2v) is 3.02. The predicted molar refractivity (Wildman–Crippen MR) is 52.8 cm³/mol. The minimum Gasteiger partial charge on any atom is -0.313 e. The van der Waals surface area contributed by atoms with Crippen LogP contribution in [0.25, 0.3) is 10.9 Å². The van der Waals surface area contributed by atoms with Gasteiger partial charge in [-0.15, -0.1) is 4.91 Å². The van der Waals surface area contributed by atoms with E-state index in [1.54, 1.807) is 0 Å². The zero-order chi connectivity index (χ0) is 10.1. The molecule has 0 saturated heterocycles. The minimum atomic E-state index is -0.323. The van der Waals surface area contributed by atoms with Crippen molar-refractivity contribution in [1.29, 1.82) is 0 Å². The molecule has 0 aliphatic heterocycles. The number of rotatable bonds is 1. The summed E-state index contributed by atoms with van der Waals surface area (Å²) in [6.07, 6.45) is 1.20. The first-order chi connectivity index (χ1) is 6.74. The van der Waals surface area contributed by atoms with Crippen LogP contribution in [-0.2, 0) is 0 Å². The molecule has 0 atom stereocenters. The lowest BCUT2D eigenvalue weighted by Crippen LogP contribution is -2.05. The molecule has 0 aliphatic rings. The second kappa shape index (κ2) is 3.19. The molecule has 1 N–H and O–H groups in total. The van der Waals surface area contributed by atoms with E-state index in [1.807, 2.05) is 0 Å². The maximum absolute atomic E-state index is 11.3. The molecule has 5 nitrogen and oxygen atoms in total. The smallest absolute Gasteiger partial charge is 0.258 e. The van der Waals surface area contributed by atoms with Crippen LogP contribution in [0.1, 0.15) is 0 Å². The Labute approximate surface area is 82.7 Å². The molecular formula is C8H4ClN3O2. The van der Waals surface area contributed by atoms with Gasteiger partial charge >= 0.3 is 0 Å². The van der Waals surface area contributed by atoms with E-state index in [4.69, 9.17) is 11.6 Å². The van der Waals surface area contributed by atoms with Gasteiger partial charge in [-0.3, -0.25) is 4.79 Å². The molecule has 0 radical (unpaired) electrons. The van der Waals surface area contributed by atoms with Crippen molar-refractivity contribution in [1.82, 2.24) is 9.97 Å². The van der Waals surface area contributed by atoms with Gasteiger partial charge in [-0.2, -0.15) is 0 Å². The van der Waals surface area contributed by atoms with Crippen LogP contribution in [-0.4, -0.2) is 9.97 Å². The summed E-state index contributed by atoms with van der Waals surface area (Å²) in [7, 11) is 0. The zero-order valence-corrected chi connectivity index (χ0v) is 7.58. The molecular weight excluding hydrogens is 206 g/mol. The topological polar surface area (TPSA) is 75.2 Å². The van der Waals surface area contributed by atoms with Gasteiger partial charge in [0.15, 0.2) is 5.69 Å². The third-order valence-corrected chi connectivity index (χ3v) is 2.13. The molecule has 2 rings (SSSR count). The number of nitroso groups, excluding NO2 is 1. The van der Waals surface area contributed by atoms with Crippen LogP contribution in [0.5, 0.6) is 0 Å². The summed E-state index contributed by atoms with van der Waals surface area (Å²) in [4.78, 5) is 28.0. The van der Waals surface area contributed by atoms with E-state index < -0.39 is 0 Å². The molecule has 0 saturated carbocycles. The fourth-order valence-corrected chi connectivity index (χ4v) is 1.38. The van der Waals surface area contributed by atoms with Crippen LogP contribution in [0, 0.1) is 4.91 Å². The highest BCUT2D eigenvalue weighted by Gasteiger charge is 2.09. The first kappa shape index (κ1) is 8.83. The Kier molecular flexibility index (Phi) is 2.01. The summed E-state index contributed by atoms with van der Waals surface area (Å²) in [6.45, 7) is 0. The normalized spacial score (nSPS) is 10.4. The maximum Gasteiger partial charge on any atom is 0.258 e. The van der Waals surface area contributed by atoms with Gasteiger partial charge in [0.05, 0.1) is 16.7 Å². The number of hydrogen-bond acceptors (Lipinski definition) is 4. The van der Waals surface area contributed by atoms with E-state index in [-0.39, 0.29) is 21.8 Å². The Morgan fingerprint density at radius 3 is 2.93 bits per heavy atom. The van der Waals surface area contributed by atoms with Crippen molar-refractivity contribution >= 4 is 28.2 Å². The largest absolute Gasteiger partial charge is 0.313 e. The Morgan fingerprint density at radius 2 is 2.21 bits per heavy atom. The molecule has 1 aromatic carbocycles. The van der Waals surface area contributed by atoms with Gasteiger partial charge in [0.25, 0.3) is 5.56 Å². The van der Waals surface area contributed by atoms with Crippen molar-refractivity contribution in [3.05, 3.63) is 38.7 Å². The summed E-state index contributed by atoms with van der Waals surface area (Å²) in [5.74, 6) is 0. The fourth-order valence-electron chi connectivity index (χ4n) is 1.19. The SMILES string of the molecule is O=Nc1c(Cl)ccc2c(=O)[nH]cnc12. The molecule has 0 fully saturated rings. The van der Waals surface area contributed by atoms with Crippen LogP contribution in [0.15, 0.2) is 28.4 Å². The van der Waals surface area contributed by atoms with E-state index in [9.17, 15) is 9.70 Å². The maximum atomic E-state index is 11.3. The number of nitrogens with one attached hydrogen (secondary N) is 1. The number of aromatic amines is 1. The Balaban J connectivity index is 3.03. The highest BCUT2D eigenvalue weighted by atomic mass is 35.5. The van der Waals surface area contributed by atoms with Crippen LogP contribution in [0.4, 0.5) is 5.69 Å². The lowest BCUT2D eigenvalue weighted by Gasteiger charge is -1.98. The van der Waals surface area contributed by atoms with Gasteiger partial charge in [0.1, 0.15) is 5.52 Å². The summed E-state index contributed by atoms with van der Waals surface area (Å²) < 4.78 is 0. The molecule has 0 spiro atoms. The van der Waals surface area contributed by atoms with Crippen molar-refractivity contribution in [2.75, 3.05) is 0 Å². The van der Waals surface area contributed by atoms with Crippen molar-refractivity contribution in [3.8, 4) is 0 Å². The second-order valence-electron chi connectivity index (χ2n) is 2.62. The third-order valence-electron chi connectivity index (χ3n) is 1.83. The number of nitrogens with zero attached hydrogens (tertiary/aromatic N) is 2. The summed E-state index contributed by atoms with van der Waals surface area (Å²) in [5, 5.41) is 3.23. The number of benzene rings is 1. The molecule has 0 bridgehead atoms. The Morgan fingerprint density at radius 1 is 1.43 bits per heavy atom. The molecule has 14 heavy (non-hydrogen) atoms. The average molecular weight is 210 g/mol. The summed E-state index contributed by atoms with van der Waals surface area (Å²) in [5.41, 5.74) is -0.108. The van der Waals surface area contributed by atoms with Crippen LogP contribution in [0.2, 0.25) is 5.02 Å². The van der Waals surface area contributed by atoms with Gasteiger partial charge in [0, 0.05) is 0 Å². The van der Waals surface area contributed by atoms with Gasteiger partial charge in [-0.25, -0.2) is 4.98 Å². The standard InChI is InChI=1S/C8H4ClN3O2/c9-5-2-1-4-6(7(5)12-14)10-3-11-8(4)13/h1-3H,(H,10,11,13). The highest BCUT2D eigenvalue weighted by molar-refractivity contribution is 6.34. The third kappa shape index (κ3) is 1.18. The van der Waals surface area contributed by atoms with Crippen LogP contribution in [0.3, 0.4) is 0 Å². The molecule has 6 heteroatoms. The number of hydrogen-bond donors (Lipinski definition) is 1. The highest BCUT2D eigenvalue weighted by Crippen LogP contribution is 2.30. The first-order valence-corrected chi connectivity index (χ1v) is 4.11. The first-order valence-electron chi connectivity index (χ1n) is 3.73. The van der Waals surface area contributed by atoms with Crippen LogP contribution >= 0.6 is 11.6 Å². The molecule has 2 aromatic rings. The zero-order valence-electron chi connectivity index (χ0n) is 6.82. The van der Waals surface area contributed by atoms with Gasteiger partial charge < -0.3 is 4.98 Å².